The molecule has 0 aliphatic carbocycles. The van der Waals surface area contributed by atoms with E-state index in [1.165, 1.54) is 6.07 Å². The average Bonchev–Trinajstić information content (AvgIpc) is 2.37. The Balaban J connectivity index is 2.20. The molecule has 5 heteroatoms. The molecule has 0 aromatic heterocycles. The van der Waals surface area contributed by atoms with Crippen LogP contribution in [0.4, 0.5) is 4.39 Å². The summed E-state index contributed by atoms with van der Waals surface area (Å²) >= 11 is 12.3. The van der Waals surface area contributed by atoms with Gasteiger partial charge in [0.2, 0.25) is 0 Å². The van der Waals surface area contributed by atoms with E-state index in [-0.39, 0.29) is 18.0 Å². The van der Waals surface area contributed by atoms with E-state index in [0.717, 1.165) is 10.0 Å². The highest BCUT2D eigenvalue weighted by atomic mass is 79.9. The van der Waals surface area contributed by atoms with Crippen LogP contribution >= 0.6 is 43.5 Å². The highest BCUT2D eigenvalue weighted by molar-refractivity contribution is 9.10. The molecule has 2 aromatic rings. The second-order valence-corrected chi connectivity index (χ2v) is 6.09. The van der Waals surface area contributed by atoms with Crippen molar-refractivity contribution in [2.45, 2.75) is 6.42 Å². The van der Waals surface area contributed by atoms with Crippen LogP contribution in [0.2, 0.25) is 5.02 Å². The van der Waals surface area contributed by atoms with E-state index in [1.807, 2.05) is 0 Å². The highest BCUT2D eigenvalue weighted by Gasteiger charge is 2.10. The van der Waals surface area contributed by atoms with Gasteiger partial charge >= 0.3 is 0 Å². The number of hydrogen-bond acceptors (Lipinski definition) is 1. The third kappa shape index (κ3) is 3.65. The maximum Gasteiger partial charge on any atom is 0.167 e. The van der Waals surface area contributed by atoms with Crippen LogP contribution in [0.25, 0.3) is 0 Å². The van der Waals surface area contributed by atoms with Gasteiger partial charge in [-0.2, -0.15) is 0 Å². The van der Waals surface area contributed by atoms with Crippen LogP contribution in [-0.2, 0) is 6.42 Å². The van der Waals surface area contributed by atoms with Crippen molar-refractivity contribution in [3.63, 3.8) is 0 Å². The minimum absolute atomic E-state index is 0.0621. The predicted molar refractivity (Wildman–Crippen MR) is 81.3 cm³/mol. The van der Waals surface area contributed by atoms with E-state index < -0.39 is 0 Å². The molecule has 0 fully saturated rings. The molecular weight excluding hydrogens is 398 g/mol. The van der Waals surface area contributed by atoms with Gasteiger partial charge in [0.25, 0.3) is 0 Å². The summed E-state index contributed by atoms with van der Waals surface area (Å²) in [5.74, 6) is -0.407. The van der Waals surface area contributed by atoms with Crippen LogP contribution in [0.1, 0.15) is 15.9 Å². The Labute approximate surface area is 132 Å². The van der Waals surface area contributed by atoms with E-state index in [9.17, 15) is 9.18 Å². The second kappa shape index (κ2) is 6.16. The molecule has 0 atom stereocenters. The van der Waals surface area contributed by atoms with Crippen LogP contribution in [-0.4, -0.2) is 5.78 Å². The van der Waals surface area contributed by atoms with Crippen LogP contribution in [0.3, 0.4) is 0 Å². The van der Waals surface area contributed by atoms with Gasteiger partial charge in [0.1, 0.15) is 5.82 Å². The molecule has 0 saturated heterocycles. The van der Waals surface area contributed by atoms with Crippen molar-refractivity contribution in [1.82, 2.24) is 0 Å². The van der Waals surface area contributed by atoms with Gasteiger partial charge in [-0.05, 0) is 61.7 Å². The molecule has 0 radical (unpaired) electrons. The van der Waals surface area contributed by atoms with Crippen molar-refractivity contribution in [1.29, 1.82) is 0 Å². The number of benzene rings is 2. The number of halogens is 4. The molecule has 0 spiro atoms. The molecule has 19 heavy (non-hydrogen) atoms. The number of carbonyl (C=O) groups is 1. The lowest BCUT2D eigenvalue weighted by atomic mass is 10.0. The summed E-state index contributed by atoms with van der Waals surface area (Å²) in [6.07, 6.45) is 0.205. The zero-order chi connectivity index (χ0) is 14.0. The van der Waals surface area contributed by atoms with Gasteiger partial charge in [-0.1, -0.05) is 23.7 Å². The zero-order valence-corrected chi connectivity index (χ0v) is 13.5. The summed E-state index contributed by atoms with van der Waals surface area (Å²) in [4.78, 5) is 12.1. The summed E-state index contributed by atoms with van der Waals surface area (Å²) in [6, 6.07) is 9.59. The van der Waals surface area contributed by atoms with Crippen molar-refractivity contribution in [3.8, 4) is 0 Å². The third-order valence-corrected chi connectivity index (χ3v) is 4.43. The molecular formula is C14H8Br2ClFO. The van der Waals surface area contributed by atoms with E-state index in [0.29, 0.717) is 15.1 Å². The first-order valence-electron chi connectivity index (χ1n) is 5.39. The van der Waals surface area contributed by atoms with Gasteiger partial charge in [0, 0.05) is 16.5 Å². The van der Waals surface area contributed by atoms with Crippen molar-refractivity contribution in [2.24, 2.45) is 0 Å². The SMILES string of the molecule is O=C(Cc1ccc(F)c(Br)c1)c1ccc(Br)c(Cl)c1. The summed E-state index contributed by atoms with van der Waals surface area (Å²) in [5, 5.41) is 0.492. The van der Waals surface area contributed by atoms with Crippen molar-refractivity contribution in [3.05, 3.63) is 67.3 Å². The maximum absolute atomic E-state index is 13.1. The summed E-state index contributed by atoms with van der Waals surface area (Å²) in [7, 11) is 0. The fourth-order valence-corrected chi connectivity index (χ4v) is 2.46. The summed E-state index contributed by atoms with van der Waals surface area (Å²) in [5.41, 5.74) is 1.28. The smallest absolute Gasteiger partial charge is 0.167 e. The van der Waals surface area contributed by atoms with Gasteiger partial charge in [0.05, 0.1) is 9.50 Å². The molecule has 1 nitrogen and oxygen atoms in total. The third-order valence-electron chi connectivity index (χ3n) is 2.59. The normalized spacial score (nSPS) is 10.5. The molecule has 0 amide bonds. The topological polar surface area (TPSA) is 17.1 Å². The minimum Gasteiger partial charge on any atom is -0.294 e. The first-order valence-corrected chi connectivity index (χ1v) is 7.36. The van der Waals surface area contributed by atoms with Crippen molar-refractivity contribution >= 4 is 49.2 Å². The molecule has 2 rings (SSSR count). The van der Waals surface area contributed by atoms with E-state index >= 15 is 0 Å². The van der Waals surface area contributed by atoms with Gasteiger partial charge in [-0.3, -0.25) is 4.79 Å². The molecule has 0 saturated carbocycles. The lowest BCUT2D eigenvalue weighted by molar-refractivity contribution is 0.0993. The molecule has 2 aromatic carbocycles. The highest BCUT2D eigenvalue weighted by Crippen LogP contribution is 2.24. The lowest BCUT2D eigenvalue weighted by Gasteiger charge is -2.04. The van der Waals surface area contributed by atoms with Gasteiger partial charge < -0.3 is 0 Å². The average molecular weight is 406 g/mol. The van der Waals surface area contributed by atoms with E-state index in [1.54, 1.807) is 30.3 Å². The molecule has 0 N–H and O–H groups in total. The first kappa shape index (κ1) is 14.7. The molecule has 0 aliphatic heterocycles. The van der Waals surface area contributed by atoms with Gasteiger partial charge in [0.15, 0.2) is 5.78 Å². The van der Waals surface area contributed by atoms with Gasteiger partial charge in [-0.25, -0.2) is 4.39 Å². The molecule has 0 aliphatic rings. The number of carbonyl (C=O) groups excluding carboxylic acids is 1. The van der Waals surface area contributed by atoms with E-state index in [2.05, 4.69) is 31.9 Å². The van der Waals surface area contributed by atoms with Crippen LogP contribution < -0.4 is 0 Å². The fourth-order valence-electron chi connectivity index (χ4n) is 1.61. The Morgan fingerprint density at radius 2 is 1.84 bits per heavy atom. The van der Waals surface area contributed by atoms with E-state index in [4.69, 9.17) is 11.6 Å². The van der Waals surface area contributed by atoms with Crippen LogP contribution in [0.15, 0.2) is 45.3 Å². The Hall–Kier alpha value is -0.710. The Bertz CT molecular complexity index is 643. The monoisotopic (exact) mass is 404 g/mol. The van der Waals surface area contributed by atoms with Crippen LogP contribution in [0, 0.1) is 5.82 Å². The van der Waals surface area contributed by atoms with Crippen LogP contribution in [0.5, 0.6) is 0 Å². The first-order chi connectivity index (χ1) is 8.97. The van der Waals surface area contributed by atoms with Crippen molar-refractivity contribution in [2.75, 3.05) is 0 Å². The Morgan fingerprint density at radius 1 is 1.11 bits per heavy atom. The Morgan fingerprint density at radius 3 is 2.47 bits per heavy atom. The zero-order valence-electron chi connectivity index (χ0n) is 9.59. The quantitative estimate of drug-likeness (QED) is 0.621. The maximum atomic E-state index is 13.1. The largest absolute Gasteiger partial charge is 0.294 e. The number of hydrogen-bond donors (Lipinski definition) is 0. The molecule has 0 unspecified atom stereocenters. The molecule has 0 bridgehead atoms. The predicted octanol–water partition coefficient (Wildman–Crippen LogP) is 5.43. The fraction of sp³-hybridized carbons (Fsp3) is 0.0714. The minimum atomic E-state index is -0.345. The number of Topliss-reactive ketones (excluding diaryl/α,β-unsaturated/α-hetero) is 1. The molecule has 98 valence electrons. The lowest BCUT2D eigenvalue weighted by Crippen LogP contribution is -2.03. The van der Waals surface area contributed by atoms with Gasteiger partial charge in [-0.15, -0.1) is 0 Å². The summed E-state index contributed by atoms with van der Waals surface area (Å²) in [6.45, 7) is 0. The number of ketones is 1. The Kier molecular flexibility index (Phi) is 4.76. The standard InChI is InChI=1S/C14H8Br2ClFO/c15-10-3-2-9(7-12(10)17)14(19)6-8-1-4-13(18)11(16)5-8/h1-5,7H,6H2. The second-order valence-electron chi connectivity index (χ2n) is 3.98. The molecule has 0 heterocycles. The summed E-state index contributed by atoms with van der Waals surface area (Å²) < 4.78 is 14.2. The van der Waals surface area contributed by atoms with Crippen molar-refractivity contribution < 1.29 is 9.18 Å². The number of rotatable bonds is 3.